The van der Waals surface area contributed by atoms with Gasteiger partial charge in [0.1, 0.15) is 6.23 Å². The Balaban J connectivity index is 1.52. The van der Waals surface area contributed by atoms with E-state index in [-0.39, 0.29) is 12.5 Å². The van der Waals surface area contributed by atoms with Crippen LogP contribution in [0, 0.1) is 23.7 Å². The Morgan fingerprint density at radius 2 is 1.80 bits per heavy atom. The average Bonchev–Trinajstić information content (AvgIpc) is 2.85. The molecule has 0 aromatic carbocycles. The van der Waals surface area contributed by atoms with E-state index in [0.29, 0.717) is 23.7 Å². The highest BCUT2D eigenvalue weighted by Crippen LogP contribution is 2.60. The molecule has 6 fully saturated rings. The van der Waals surface area contributed by atoms with Gasteiger partial charge >= 0.3 is 0 Å². The van der Waals surface area contributed by atoms with Gasteiger partial charge in [-0.3, -0.25) is 4.90 Å². The molecule has 2 bridgehead atoms. The lowest BCUT2D eigenvalue weighted by Crippen LogP contribution is -2.72. The molecule has 0 aromatic heterocycles. The van der Waals surface area contributed by atoms with Gasteiger partial charge in [0.25, 0.3) is 0 Å². The van der Waals surface area contributed by atoms with E-state index in [1.54, 1.807) is 0 Å². The van der Waals surface area contributed by atoms with Crippen LogP contribution >= 0.6 is 11.8 Å². The van der Waals surface area contributed by atoms with Crippen molar-refractivity contribution < 1.29 is 19.2 Å². The molecule has 5 heterocycles. The first-order chi connectivity index (χ1) is 12.0. The molecule has 0 aromatic rings. The molecule has 0 N–H and O–H groups in total. The molecular weight excluding hydrogens is 338 g/mol. The fraction of sp³-hybridized carbons (Fsp3) is 1.00. The van der Waals surface area contributed by atoms with Crippen LogP contribution < -0.4 is 0 Å². The second-order valence-corrected chi connectivity index (χ2v) is 10.2. The van der Waals surface area contributed by atoms with E-state index < -0.39 is 11.4 Å². The Hall–Kier alpha value is 0.150. The van der Waals surface area contributed by atoms with Crippen LogP contribution in [0.1, 0.15) is 46.5 Å². The minimum atomic E-state index is -0.666. The third kappa shape index (κ3) is 2.48. The number of ether oxygens (including phenoxy) is 2. The number of thioether (sulfide) groups is 1. The molecular formula is C19H31NO4S. The molecule has 4 unspecified atom stereocenters. The van der Waals surface area contributed by atoms with Crippen molar-refractivity contribution in [3.63, 3.8) is 0 Å². The van der Waals surface area contributed by atoms with Crippen LogP contribution in [0.5, 0.6) is 0 Å². The number of nitrogens with zero attached hydrogens (tertiary/aromatic N) is 1. The molecule has 6 heteroatoms. The standard InChI is InChI=1S/C19H31NO4S/c1-12-4-5-15-13(2)16(20-8-10-25-11-9-20)21-17-19(15)14(12)6-7-18(3,22-17)23-24-19/h12-17H,4-11H2,1-3H3/t12?,13-,14?,15+,16?,17?,18+,19-/m1/s1. The number of rotatable bonds is 1. The Labute approximate surface area is 155 Å². The van der Waals surface area contributed by atoms with Crippen molar-refractivity contribution in [3.05, 3.63) is 0 Å². The quantitative estimate of drug-likeness (QED) is 0.661. The van der Waals surface area contributed by atoms with Gasteiger partial charge in [-0.05, 0) is 38.0 Å². The molecule has 1 spiro atoms. The zero-order chi connectivity index (χ0) is 17.2. The van der Waals surface area contributed by atoms with E-state index in [0.717, 1.165) is 25.9 Å². The number of fused-ring (bicyclic) bond motifs is 2. The second kappa shape index (κ2) is 6.08. The summed E-state index contributed by atoms with van der Waals surface area (Å²) in [4.78, 5) is 14.6. The van der Waals surface area contributed by atoms with Gasteiger partial charge in [-0.2, -0.15) is 11.8 Å². The van der Waals surface area contributed by atoms with E-state index in [9.17, 15) is 0 Å². The van der Waals surface area contributed by atoms with E-state index in [1.807, 2.05) is 18.7 Å². The van der Waals surface area contributed by atoms with Crippen molar-refractivity contribution in [1.29, 1.82) is 0 Å². The van der Waals surface area contributed by atoms with Crippen LogP contribution in [0.25, 0.3) is 0 Å². The summed E-state index contributed by atoms with van der Waals surface area (Å²) in [6, 6.07) is 0. The minimum absolute atomic E-state index is 0.141. The molecule has 5 aliphatic heterocycles. The highest BCUT2D eigenvalue weighted by atomic mass is 32.2. The first-order valence-electron chi connectivity index (χ1n) is 10.1. The SMILES string of the molecule is CC1CC[C@H]2[C@@H](C)C(N3CCSCC3)OC3O[C@]4(C)CCC1[C@]32OO4. The molecule has 142 valence electrons. The summed E-state index contributed by atoms with van der Waals surface area (Å²) in [6.07, 6.45) is 4.28. The first-order valence-corrected chi connectivity index (χ1v) is 11.2. The molecule has 1 saturated carbocycles. The molecule has 6 rings (SSSR count). The predicted molar refractivity (Wildman–Crippen MR) is 95.7 cm³/mol. The van der Waals surface area contributed by atoms with E-state index >= 15 is 0 Å². The molecule has 5 nitrogen and oxygen atoms in total. The van der Waals surface area contributed by atoms with Gasteiger partial charge in [0.15, 0.2) is 11.9 Å². The predicted octanol–water partition coefficient (Wildman–Crippen LogP) is 3.24. The Morgan fingerprint density at radius 1 is 1.00 bits per heavy atom. The van der Waals surface area contributed by atoms with Gasteiger partial charge < -0.3 is 9.47 Å². The Morgan fingerprint density at radius 3 is 2.60 bits per heavy atom. The molecule has 5 saturated heterocycles. The molecule has 0 amide bonds. The second-order valence-electron chi connectivity index (χ2n) is 8.94. The summed E-state index contributed by atoms with van der Waals surface area (Å²) >= 11 is 2.05. The normalized spacial score (nSPS) is 56.3. The van der Waals surface area contributed by atoms with Gasteiger partial charge in [0.05, 0.1) is 0 Å². The van der Waals surface area contributed by atoms with Gasteiger partial charge in [-0.15, -0.1) is 0 Å². The third-order valence-electron chi connectivity index (χ3n) is 7.53. The smallest absolute Gasteiger partial charge is 0.201 e. The fourth-order valence-corrected chi connectivity index (χ4v) is 7.07. The first kappa shape index (κ1) is 17.3. The number of hydrogen-bond donors (Lipinski definition) is 0. The van der Waals surface area contributed by atoms with Crippen LogP contribution in [0.3, 0.4) is 0 Å². The Kier molecular flexibility index (Phi) is 4.20. The van der Waals surface area contributed by atoms with Crippen LogP contribution in [0.15, 0.2) is 0 Å². The van der Waals surface area contributed by atoms with Crippen molar-refractivity contribution >= 4 is 11.8 Å². The van der Waals surface area contributed by atoms with Gasteiger partial charge in [-0.1, -0.05) is 13.8 Å². The lowest BCUT2D eigenvalue weighted by Gasteiger charge is -2.61. The average molecular weight is 370 g/mol. The van der Waals surface area contributed by atoms with Gasteiger partial charge in [-0.25, -0.2) is 9.78 Å². The van der Waals surface area contributed by atoms with Gasteiger partial charge in [0, 0.05) is 42.9 Å². The van der Waals surface area contributed by atoms with Crippen LogP contribution in [0.2, 0.25) is 0 Å². The molecule has 6 aliphatic rings. The van der Waals surface area contributed by atoms with E-state index in [1.165, 1.54) is 24.3 Å². The van der Waals surface area contributed by atoms with Gasteiger partial charge in [0.2, 0.25) is 5.79 Å². The summed E-state index contributed by atoms with van der Waals surface area (Å²) in [5.74, 6) is 3.70. The summed E-state index contributed by atoms with van der Waals surface area (Å²) < 4.78 is 13.1. The monoisotopic (exact) mass is 369 g/mol. The summed E-state index contributed by atoms with van der Waals surface area (Å²) in [7, 11) is 0. The fourth-order valence-electron chi connectivity index (χ4n) is 6.14. The summed E-state index contributed by atoms with van der Waals surface area (Å²) in [5, 5.41) is 0. The molecule has 25 heavy (non-hydrogen) atoms. The highest BCUT2D eigenvalue weighted by molar-refractivity contribution is 7.99. The molecule has 0 radical (unpaired) electrons. The molecule has 8 atom stereocenters. The van der Waals surface area contributed by atoms with Crippen molar-refractivity contribution in [3.8, 4) is 0 Å². The third-order valence-corrected chi connectivity index (χ3v) is 8.47. The maximum Gasteiger partial charge on any atom is 0.201 e. The van der Waals surface area contributed by atoms with Crippen LogP contribution in [-0.2, 0) is 19.2 Å². The Bertz CT molecular complexity index is 530. The van der Waals surface area contributed by atoms with Crippen LogP contribution in [0.4, 0.5) is 0 Å². The van der Waals surface area contributed by atoms with Crippen LogP contribution in [-0.4, -0.2) is 53.4 Å². The largest absolute Gasteiger partial charge is 0.331 e. The lowest BCUT2D eigenvalue weighted by molar-refractivity contribution is -0.574. The van der Waals surface area contributed by atoms with Crippen molar-refractivity contribution in [1.82, 2.24) is 4.90 Å². The highest BCUT2D eigenvalue weighted by Gasteiger charge is 2.69. The van der Waals surface area contributed by atoms with Crippen molar-refractivity contribution in [2.24, 2.45) is 23.7 Å². The van der Waals surface area contributed by atoms with Crippen molar-refractivity contribution in [2.45, 2.75) is 70.4 Å². The van der Waals surface area contributed by atoms with E-state index in [2.05, 4.69) is 18.7 Å². The number of hydrogen-bond acceptors (Lipinski definition) is 6. The summed E-state index contributed by atoms with van der Waals surface area (Å²) in [6.45, 7) is 8.96. The summed E-state index contributed by atoms with van der Waals surface area (Å²) in [5.41, 5.74) is -0.422. The topological polar surface area (TPSA) is 40.2 Å². The van der Waals surface area contributed by atoms with Crippen molar-refractivity contribution in [2.75, 3.05) is 24.6 Å². The maximum atomic E-state index is 6.69. The lowest BCUT2D eigenvalue weighted by atomic mass is 9.58. The zero-order valence-electron chi connectivity index (χ0n) is 15.6. The molecule has 1 aliphatic carbocycles. The minimum Gasteiger partial charge on any atom is -0.331 e. The maximum absolute atomic E-state index is 6.69. The zero-order valence-corrected chi connectivity index (χ0v) is 16.4. The van der Waals surface area contributed by atoms with E-state index in [4.69, 9.17) is 19.2 Å².